The Bertz CT molecular complexity index is 452. The largest absolute Gasteiger partial charge is 0.325 e. The van der Waals surface area contributed by atoms with E-state index in [1.54, 1.807) is 0 Å². The van der Waals surface area contributed by atoms with Gasteiger partial charge in [0.05, 0.1) is 15.9 Å². The Hall–Kier alpha value is -0.350. The summed E-state index contributed by atoms with van der Waals surface area (Å²) < 4.78 is 3.23. The molecule has 1 fully saturated rings. The minimum atomic E-state index is -0.0581. The van der Waals surface area contributed by atoms with Gasteiger partial charge in [0.1, 0.15) is 0 Å². The van der Waals surface area contributed by atoms with Crippen molar-refractivity contribution in [1.29, 1.82) is 0 Å². The van der Waals surface area contributed by atoms with Gasteiger partial charge in [0.2, 0.25) is 0 Å². The molecule has 1 saturated carbocycles. The molecule has 1 aromatic rings. The zero-order valence-electron chi connectivity index (χ0n) is 12.6. The average Bonchev–Trinajstić information content (AvgIpc) is 2.61. The summed E-state index contributed by atoms with van der Waals surface area (Å²) in [5.74, 6) is 0. The Balaban J connectivity index is 2.17. The van der Waals surface area contributed by atoms with Gasteiger partial charge in [-0.3, -0.25) is 4.68 Å². The molecular weight excluding hydrogens is 302 g/mol. The quantitative estimate of drug-likeness (QED) is 0.917. The summed E-state index contributed by atoms with van der Waals surface area (Å²) in [6.07, 6.45) is 5.60. The van der Waals surface area contributed by atoms with Gasteiger partial charge < -0.3 is 5.73 Å². The van der Waals surface area contributed by atoms with Crippen molar-refractivity contribution in [3.05, 3.63) is 15.9 Å². The lowest BCUT2D eigenvalue weighted by atomic mass is 9.68. The van der Waals surface area contributed by atoms with Gasteiger partial charge in [-0.1, -0.05) is 13.8 Å². The molecule has 3 nitrogen and oxygen atoms in total. The Morgan fingerprint density at radius 2 is 1.84 bits per heavy atom. The minimum Gasteiger partial charge on any atom is -0.325 e. The number of halogens is 1. The molecule has 4 heteroatoms. The Kier molecular flexibility index (Phi) is 4.12. The minimum absolute atomic E-state index is 0.0581. The first-order chi connectivity index (χ1) is 8.76. The second-order valence-corrected chi connectivity index (χ2v) is 7.66. The van der Waals surface area contributed by atoms with E-state index in [2.05, 4.69) is 46.5 Å². The summed E-state index contributed by atoms with van der Waals surface area (Å²) in [4.78, 5) is 0. The molecule has 0 amide bonds. The lowest BCUT2D eigenvalue weighted by Crippen LogP contribution is -2.47. The molecule has 0 spiro atoms. The van der Waals surface area contributed by atoms with E-state index in [4.69, 9.17) is 5.73 Å². The molecule has 1 aromatic heterocycles. The Morgan fingerprint density at radius 3 is 2.37 bits per heavy atom. The van der Waals surface area contributed by atoms with E-state index in [1.165, 1.54) is 18.5 Å². The van der Waals surface area contributed by atoms with E-state index in [0.29, 0.717) is 5.41 Å². The maximum atomic E-state index is 6.65. The highest BCUT2D eigenvalue weighted by molar-refractivity contribution is 9.10. The third-order valence-electron chi connectivity index (χ3n) is 4.57. The molecule has 1 aliphatic carbocycles. The standard InChI is InChI=1S/C15H26BrN3/c1-5-19-12(13(16)11(2)18-19)10-15(17)8-6-14(3,4)7-9-15/h5-10,17H2,1-4H3. The van der Waals surface area contributed by atoms with Gasteiger partial charge in [-0.25, -0.2) is 0 Å². The average molecular weight is 328 g/mol. The van der Waals surface area contributed by atoms with Crippen LogP contribution in [0.3, 0.4) is 0 Å². The fourth-order valence-electron chi connectivity index (χ4n) is 2.97. The molecule has 0 bridgehead atoms. The molecule has 0 aromatic carbocycles. The summed E-state index contributed by atoms with van der Waals surface area (Å²) in [7, 11) is 0. The van der Waals surface area contributed by atoms with E-state index < -0.39 is 0 Å². The third kappa shape index (κ3) is 3.22. The SMILES string of the molecule is CCn1nc(C)c(Br)c1CC1(N)CCC(C)(C)CC1. The van der Waals surface area contributed by atoms with Crippen molar-refractivity contribution in [2.75, 3.05) is 0 Å². The lowest BCUT2D eigenvalue weighted by Gasteiger charge is -2.41. The summed E-state index contributed by atoms with van der Waals surface area (Å²) in [5.41, 5.74) is 9.39. The molecule has 19 heavy (non-hydrogen) atoms. The van der Waals surface area contributed by atoms with Crippen LogP contribution in [0.2, 0.25) is 0 Å². The van der Waals surface area contributed by atoms with Crippen LogP contribution < -0.4 is 5.73 Å². The van der Waals surface area contributed by atoms with Crippen molar-refractivity contribution in [2.24, 2.45) is 11.1 Å². The number of nitrogens with zero attached hydrogens (tertiary/aromatic N) is 2. The maximum absolute atomic E-state index is 6.65. The predicted octanol–water partition coefficient (Wildman–Crippen LogP) is 3.81. The molecular formula is C15H26BrN3. The summed E-state index contributed by atoms with van der Waals surface area (Å²) >= 11 is 3.68. The number of hydrogen-bond donors (Lipinski definition) is 1. The molecule has 2 N–H and O–H groups in total. The summed E-state index contributed by atoms with van der Waals surface area (Å²) in [6.45, 7) is 9.79. The first kappa shape index (κ1) is 15.0. The van der Waals surface area contributed by atoms with Crippen LogP contribution in [0.25, 0.3) is 0 Å². The highest BCUT2D eigenvalue weighted by Crippen LogP contribution is 2.41. The van der Waals surface area contributed by atoms with Crippen molar-refractivity contribution >= 4 is 15.9 Å². The highest BCUT2D eigenvalue weighted by atomic mass is 79.9. The maximum Gasteiger partial charge on any atom is 0.0738 e. The molecule has 0 unspecified atom stereocenters. The van der Waals surface area contributed by atoms with Crippen molar-refractivity contribution in [1.82, 2.24) is 9.78 Å². The fourth-order valence-corrected chi connectivity index (χ4v) is 3.40. The number of aryl methyl sites for hydroxylation is 2. The summed E-state index contributed by atoms with van der Waals surface area (Å²) in [6, 6.07) is 0. The molecule has 1 aliphatic rings. The molecule has 108 valence electrons. The summed E-state index contributed by atoms with van der Waals surface area (Å²) in [5, 5.41) is 4.57. The predicted molar refractivity (Wildman–Crippen MR) is 83.2 cm³/mol. The van der Waals surface area contributed by atoms with Gasteiger partial charge in [0.15, 0.2) is 0 Å². The van der Waals surface area contributed by atoms with Crippen LogP contribution in [0.5, 0.6) is 0 Å². The topological polar surface area (TPSA) is 43.8 Å². The van der Waals surface area contributed by atoms with Crippen LogP contribution in [0, 0.1) is 12.3 Å². The Labute approximate surface area is 125 Å². The Morgan fingerprint density at radius 1 is 1.26 bits per heavy atom. The lowest BCUT2D eigenvalue weighted by molar-refractivity contribution is 0.163. The van der Waals surface area contributed by atoms with Crippen LogP contribution >= 0.6 is 15.9 Å². The molecule has 0 atom stereocenters. The van der Waals surface area contributed by atoms with Crippen molar-refractivity contribution in [3.63, 3.8) is 0 Å². The molecule has 1 heterocycles. The van der Waals surface area contributed by atoms with E-state index >= 15 is 0 Å². The van der Waals surface area contributed by atoms with Crippen LogP contribution in [0.15, 0.2) is 4.47 Å². The molecule has 0 saturated heterocycles. The first-order valence-corrected chi connectivity index (χ1v) is 8.06. The first-order valence-electron chi connectivity index (χ1n) is 7.27. The number of aromatic nitrogens is 2. The van der Waals surface area contributed by atoms with Gasteiger partial charge in [-0.2, -0.15) is 5.10 Å². The van der Waals surface area contributed by atoms with Crippen molar-refractivity contribution in [2.45, 2.75) is 71.9 Å². The number of nitrogens with two attached hydrogens (primary N) is 1. The third-order valence-corrected chi connectivity index (χ3v) is 5.60. The van der Waals surface area contributed by atoms with Crippen LogP contribution in [0.4, 0.5) is 0 Å². The van der Waals surface area contributed by atoms with Crippen molar-refractivity contribution in [3.8, 4) is 0 Å². The second-order valence-electron chi connectivity index (χ2n) is 6.87. The van der Waals surface area contributed by atoms with E-state index in [-0.39, 0.29) is 5.54 Å². The van der Waals surface area contributed by atoms with E-state index in [9.17, 15) is 0 Å². The van der Waals surface area contributed by atoms with E-state index in [0.717, 1.165) is 36.0 Å². The van der Waals surface area contributed by atoms with E-state index in [1.807, 2.05) is 6.92 Å². The van der Waals surface area contributed by atoms with Crippen LogP contribution in [-0.4, -0.2) is 15.3 Å². The fraction of sp³-hybridized carbons (Fsp3) is 0.800. The molecule has 0 aliphatic heterocycles. The zero-order valence-corrected chi connectivity index (χ0v) is 14.2. The number of rotatable bonds is 3. The smallest absolute Gasteiger partial charge is 0.0738 e. The van der Waals surface area contributed by atoms with Gasteiger partial charge >= 0.3 is 0 Å². The molecule has 0 radical (unpaired) electrons. The van der Waals surface area contributed by atoms with Gasteiger partial charge in [-0.15, -0.1) is 0 Å². The van der Waals surface area contributed by atoms with Crippen LogP contribution in [-0.2, 0) is 13.0 Å². The monoisotopic (exact) mass is 327 g/mol. The highest BCUT2D eigenvalue weighted by Gasteiger charge is 2.36. The van der Waals surface area contributed by atoms with Gasteiger partial charge in [0, 0.05) is 18.5 Å². The second kappa shape index (κ2) is 5.21. The van der Waals surface area contributed by atoms with Gasteiger partial charge in [-0.05, 0) is 60.9 Å². The zero-order chi connectivity index (χ0) is 14.3. The van der Waals surface area contributed by atoms with Crippen LogP contribution in [0.1, 0.15) is 57.8 Å². The normalized spacial score (nSPS) is 21.6. The number of hydrogen-bond acceptors (Lipinski definition) is 2. The molecule has 2 rings (SSSR count). The van der Waals surface area contributed by atoms with Gasteiger partial charge in [0.25, 0.3) is 0 Å². The van der Waals surface area contributed by atoms with Crippen molar-refractivity contribution < 1.29 is 0 Å².